The van der Waals surface area contributed by atoms with Crippen LogP contribution in [-0.4, -0.2) is 30.8 Å². The van der Waals surface area contributed by atoms with E-state index < -0.39 is 10.0 Å². The number of aryl methyl sites for hydroxylation is 2. The number of sulfonamides is 1. The fourth-order valence-electron chi connectivity index (χ4n) is 3.99. The lowest BCUT2D eigenvalue weighted by molar-refractivity contribution is 0.320. The van der Waals surface area contributed by atoms with Crippen LogP contribution in [0.15, 0.2) is 47.5 Å². The van der Waals surface area contributed by atoms with E-state index in [1.807, 2.05) is 32.2 Å². The highest BCUT2D eigenvalue weighted by Crippen LogP contribution is 2.35. The number of hydrogen-bond donors (Lipinski definition) is 1. The first-order valence-electron chi connectivity index (χ1n) is 9.20. The summed E-state index contributed by atoms with van der Waals surface area (Å²) in [4.78, 5) is 3.54. The van der Waals surface area contributed by atoms with E-state index in [9.17, 15) is 12.8 Å². The highest BCUT2D eigenvalue weighted by atomic mass is 32.2. The van der Waals surface area contributed by atoms with Crippen LogP contribution in [0.4, 0.5) is 4.39 Å². The molecule has 1 fully saturated rings. The molecule has 3 aromatic rings. The highest BCUT2D eigenvalue weighted by molar-refractivity contribution is 7.89. The number of hydrogen-bond acceptors (Lipinski definition) is 2. The molecule has 4 nitrogen and oxygen atoms in total. The van der Waals surface area contributed by atoms with Crippen LogP contribution in [0.5, 0.6) is 0 Å². The van der Waals surface area contributed by atoms with Crippen LogP contribution in [0.1, 0.15) is 35.4 Å². The molecule has 6 heteroatoms. The molecule has 1 aliphatic rings. The minimum absolute atomic E-state index is 0.259. The largest absolute Gasteiger partial charge is 0.361 e. The van der Waals surface area contributed by atoms with Crippen molar-refractivity contribution in [3.05, 3.63) is 65.1 Å². The number of fused-ring (bicyclic) bond motifs is 1. The molecular formula is C21H23FN2O2S. The van der Waals surface area contributed by atoms with Crippen LogP contribution in [0.2, 0.25) is 0 Å². The number of nitrogens with one attached hydrogen (secondary N) is 1. The Morgan fingerprint density at radius 3 is 2.56 bits per heavy atom. The van der Waals surface area contributed by atoms with E-state index in [1.54, 1.807) is 16.4 Å². The Labute approximate surface area is 159 Å². The van der Waals surface area contributed by atoms with E-state index in [1.165, 1.54) is 12.1 Å². The van der Waals surface area contributed by atoms with Crippen molar-refractivity contribution in [3.8, 4) is 0 Å². The van der Waals surface area contributed by atoms with Gasteiger partial charge in [-0.3, -0.25) is 0 Å². The lowest BCUT2D eigenvalue weighted by Gasteiger charge is -2.31. The van der Waals surface area contributed by atoms with Crippen molar-refractivity contribution in [2.45, 2.75) is 37.5 Å². The zero-order chi connectivity index (χ0) is 19.2. The lowest BCUT2D eigenvalue weighted by atomic mass is 9.90. The molecule has 0 spiro atoms. The van der Waals surface area contributed by atoms with E-state index in [0.717, 1.165) is 40.4 Å². The third-order valence-corrected chi connectivity index (χ3v) is 7.57. The molecule has 0 amide bonds. The summed E-state index contributed by atoms with van der Waals surface area (Å²) in [5.41, 5.74) is 3.66. The van der Waals surface area contributed by atoms with Crippen molar-refractivity contribution in [1.29, 1.82) is 0 Å². The summed E-state index contributed by atoms with van der Waals surface area (Å²) in [6, 6.07) is 10.3. The van der Waals surface area contributed by atoms with Gasteiger partial charge in [0.25, 0.3) is 0 Å². The average Bonchev–Trinajstić information content (AvgIpc) is 3.06. The Bertz CT molecular complexity index is 1100. The van der Waals surface area contributed by atoms with Crippen molar-refractivity contribution < 1.29 is 12.8 Å². The maximum atomic E-state index is 13.4. The maximum Gasteiger partial charge on any atom is 0.243 e. The van der Waals surface area contributed by atoms with E-state index in [2.05, 4.69) is 4.98 Å². The summed E-state index contributed by atoms with van der Waals surface area (Å²) < 4.78 is 41.2. The molecule has 1 aromatic heterocycles. The van der Waals surface area contributed by atoms with Crippen LogP contribution in [0, 0.1) is 19.7 Å². The zero-order valence-electron chi connectivity index (χ0n) is 15.5. The molecule has 0 atom stereocenters. The number of H-pyrrole nitrogens is 1. The Morgan fingerprint density at radius 2 is 1.81 bits per heavy atom. The first-order chi connectivity index (χ1) is 12.9. The molecule has 0 bridgehead atoms. The Morgan fingerprint density at radius 1 is 1.07 bits per heavy atom. The van der Waals surface area contributed by atoms with Crippen molar-refractivity contribution in [1.82, 2.24) is 9.29 Å². The fourth-order valence-corrected chi connectivity index (χ4v) is 5.77. The number of nitrogens with zero attached hydrogens (tertiary/aromatic N) is 1. The fraction of sp³-hybridized carbons (Fsp3) is 0.333. The molecule has 0 radical (unpaired) electrons. The number of halogens is 1. The third kappa shape index (κ3) is 3.28. The summed E-state index contributed by atoms with van der Waals surface area (Å²) in [5.74, 6) is 0.0135. The smallest absolute Gasteiger partial charge is 0.243 e. The predicted molar refractivity (Wildman–Crippen MR) is 105 cm³/mol. The lowest BCUT2D eigenvalue weighted by Crippen LogP contribution is -2.38. The van der Waals surface area contributed by atoms with Crippen molar-refractivity contribution >= 4 is 20.9 Å². The molecule has 0 unspecified atom stereocenters. The second-order valence-corrected chi connectivity index (χ2v) is 9.29. The second kappa shape index (κ2) is 6.77. The van der Waals surface area contributed by atoms with Gasteiger partial charge in [0.2, 0.25) is 10.0 Å². The third-order valence-electron chi connectivity index (χ3n) is 5.53. The van der Waals surface area contributed by atoms with E-state index in [4.69, 9.17) is 0 Å². The molecular weight excluding hydrogens is 363 g/mol. The van der Waals surface area contributed by atoms with Crippen LogP contribution >= 0.6 is 0 Å². The Balaban J connectivity index is 1.55. The van der Waals surface area contributed by atoms with Crippen molar-refractivity contribution in [3.63, 3.8) is 0 Å². The first kappa shape index (κ1) is 18.2. The molecule has 2 aromatic carbocycles. The first-order valence-corrected chi connectivity index (χ1v) is 10.6. The summed E-state index contributed by atoms with van der Waals surface area (Å²) in [6.07, 6.45) is 3.45. The van der Waals surface area contributed by atoms with Crippen LogP contribution in [0.25, 0.3) is 10.9 Å². The summed E-state index contributed by atoms with van der Waals surface area (Å²) in [7, 11) is -3.48. The normalized spacial score (nSPS) is 16.9. The van der Waals surface area contributed by atoms with Crippen LogP contribution in [-0.2, 0) is 10.0 Å². The van der Waals surface area contributed by atoms with Gasteiger partial charge in [-0.1, -0.05) is 12.1 Å². The molecule has 1 N–H and O–H groups in total. The quantitative estimate of drug-likeness (QED) is 0.721. The summed E-state index contributed by atoms with van der Waals surface area (Å²) in [6.45, 7) is 4.73. The van der Waals surface area contributed by atoms with Gasteiger partial charge < -0.3 is 4.98 Å². The minimum atomic E-state index is -3.48. The predicted octanol–water partition coefficient (Wildman–Crippen LogP) is 4.49. The van der Waals surface area contributed by atoms with Gasteiger partial charge in [-0.05, 0) is 73.6 Å². The maximum absolute atomic E-state index is 13.4. The van der Waals surface area contributed by atoms with E-state index in [0.29, 0.717) is 18.0 Å². The van der Waals surface area contributed by atoms with Gasteiger partial charge in [-0.25, -0.2) is 12.8 Å². The SMILES string of the molecule is Cc1ccc(C)c(S(=O)(=O)N2CCC(c3c[nH]c4cc(F)ccc34)CC2)c1. The molecule has 2 heterocycles. The Hall–Kier alpha value is -2.18. The van der Waals surface area contributed by atoms with Gasteiger partial charge in [0, 0.05) is 30.2 Å². The summed E-state index contributed by atoms with van der Waals surface area (Å²) in [5, 5.41) is 1.02. The van der Waals surface area contributed by atoms with Gasteiger partial charge in [-0.15, -0.1) is 0 Å². The van der Waals surface area contributed by atoms with Crippen LogP contribution < -0.4 is 0 Å². The monoisotopic (exact) mass is 386 g/mol. The molecule has 142 valence electrons. The number of benzene rings is 2. The van der Waals surface area contributed by atoms with E-state index >= 15 is 0 Å². The molecule has 27 heavy (non-hydrogen) atoms. The average molecular weight is 386 g/mol. The van der Waals surface area contributed by atoms with Gasteiger partial charge in [0.15, 0.2) is 0 Å². The number of aromatic nitrogens is 1. The minimum Gasteiger partial charge on any atom is -0.361 e. The van der Waals surface area contributed by atoms with Gasteiger partial charge in [0.1, 0.15) is 5.82 Å². The standard InChI is InChI=1S/C21H23FN2O2S/c1-14-3-4-15(2)21(11-14)27(25,26)24-9-7-16(8-10-24)19-13-23-20-12-17(22)5-6-18(19)20/h3-6,11-13,16,23H,7-10H2,1-2H3. The number of aromatic amines is 1. The van der Waals surface area contributed by atoms with Gasteiger partial charge in [-0.2, -0.15) is 4.31 Å². The molecule has 1 saturated heterocycles. The molecule has 1 aliphatic heterocycles. The van der Waals surface area contributed by atoms with Crippen molar-refractivity contribution in [2.24, 2.45) is 0 Å². The van der Waals surface area contributed by atoms with Gasteiger partial charge in [0.05, 0.1) is 4.90 Å². The van der Waals surface area contributed by atoms with Gasteiger partial charge >= 0.3 is 0 Å². The number of rotatable bonds is 3. The molecule has 4 rings (SSSR count). The molecule has 0 aliphatic carbocycles. The summed E-state index contributed by atoms with van der Waals surface area (Å²) >= 11 is 0. The zero-order valence-corrected chi connectivity index (χ0v) is 16.3. The van der Waals surface area contributed by atoms with E-state index in [-0.39, 0.29) is 11.7 Å². The van der Waals surface area contributed by atoms with Crippen molar-refractivity contribution in [2.75, 3.05) is 13.1 Å². The molecule has 0 saturated carbocycles. The Kier molecular flexibility index (Phi) is 4.56. The highest BCUT2D eigenvalue weighted by Gasteiger charge is 2.31. The number of piperidine rings is 1. The second-order valence-electron chi connectivity index (χ2n) is 7.38. The topological polar surface area (TPSA) is 53.2 Å². The van der Waals surface area contributed by atoms with Crippen LogP contribution in [0.3, 0.4) is 0 Å².